The van der Waals surface area contributed by atoms with E-state index in [-0.39, 0.29) is 0 Å². The van der Waals surface area contributed by atoms with Crippen LogP contribution in [0.3, 0.4) is 0 Å². The van der Waals surface area contributed by atoms with Crippen molar-refractivity contribution in [2.24, 2.45) is 5.92 Å². The number of hydrogen-bond donors (Lipinski definition) is 0. The molecular weight excluding hydrogens is 172 g/mol. The molecule has 0 amide bonds. The van der Waals surface area contributed by atoms with Gasteiger partial charge in [-0.2, -0.15) is 0 Å². The number of rotatable bonds is 7. The van der Waals surface area contributed by atoms with E-state index in [0.29, 0.717) is 5.78 Å². The zero-order valence-corrected chi connectivity index (χ0v) is 10.1. The molecule has 82 valence electrons. The van der Waals surface area contributed by atoms with Gasteiger partial charge in [-0.15, -0.1) is 0 Å². The van der Waals surface area contributed by atoms with E-state index >= 15 is 0 Å². The number of carbonyl (C=O) groups is 1. The molecule has 0 spiro atoms. The largest absolute Gasteiger partial charge is 0.300 e. The Morgan fingerprint density at radius 3 is 2.36 bits per heavy atom. The minimum Gasteiger partial charge on any atom is -0.300 e. The van der Waals surface area contributed by atoms with E-state index in [2.05, 4.69) is 26.8 Å². The Hall–Kier alpha value is -0.590. The molecule has 1 nitrogen and oxygen atoms in total. The fourth-order valence-electron chi connectivity index (χ4n) is 1.38. The summed E-state index contributed by atoms with van der Waals surface area (Å²) in [6.45, 7) is 8.33. The molecule has 0 aromatic carbocycles. The van der Waals surface area contributed by atoms with Crippen molar-refractivity contribution in [3.05, 3.63) is 11.6 Å². The van der Waals surface area contributed by atoms with Crippen molar-refractivity contribution >= 4 is 5.78 Å². The van der Waals surface area contributed by atoms with E-state index in [4.69, 9.17) is 0 Å². The van der Waals surface area contributed by atoms with Crippen molar-refractivity contribution in [1.29, 1.82) is 0 Å². The van der Waals surface area contributed by atoms with E-state index in [1.54, 1.807) is 6.92 Å². The molecule has 0 saturated carbocycles. The summed E-state index contributed by atoms with van der Waals surface area (Å²) < 4.78 is 0. The van der Waals surface area contributed by atoms with Gasteiger partial charge >= 0.3 is 0 Å². The van der Waals surface area contributed by atoms with Crippen molar-refractivity contribution < 1.29 is 4.79 Å². The van der Waals surface area contributed by atoms with Gasteiger partial charge in [-0.25, -0.2) is 0 Å². The first-order valence-electron chi connectivity index (χ1n) is 5.67. The molecule has 0 radical (unpaired) electrons. The molecule has 0 rings (SSSR count). The van der Waals surface area contributed by atoms with Crippen molar-refractivity contribution in [3.63, 3.8) is 0 Å². The molecule has 0 fully saturated rings. The van der Waals surface area contributed by atoms with Gasteiger partial charge in [-0.05, 0) is 45.4 Å². The van der Waals surface area contributed by atoms with Gasteiger partial charge in [0.15, 0.2) is 0 Å². The van der Waals surface area contributed by atoms with Crippen LogP contribution in [0.1, 0.15) is 59.8 Å². The molecule has 0 bridgehead atoms. The van der Waals surface area contributed by atoms with Gasteiger partial charge in [0.2, 0.25) is 0 Å². The lowest BCUT2D eigenvalue weighted by Gasteiger charge is -2.02. The summed E-state index contributed by atoms with van der Waals surface area (Å²) >= 11 is 0. The molecule has 0 aliphatic rings. The fourth-order valence-corrected chi connectivity index (χ4v) is 1.38. The molecule has 0 heterocycles. The molecule has 0 N–H and O–H groups in total. The van der Waals surface area contributed by atoms with Crippen LogP contribution in [0.4, 0.5) is 0 Å². The highest BCUT2D eigenvalue weighted by atomic mass is 16.1. The van der Waals surface area contributed by atoms with Crippen molar-refractivity contribution in [2.45, 2.75) is 59.8 Å². The van der Waals surface area contributed by atoms with Gasteiger partial charge in [0.25, 0.3) is 0 Å². The van der Waals surface area contributed by atoms with Crippen molar-refractivity contribution in [1.82, 2.24) is 0 Å². The molecular formula is C13H24O. The van der Waals surface area contributed by atoms with Gasteiger partial charge in [0.05, 0.1) is 0 Å². The van der Waals surface area contributed by atoms with Crippen LogP contribution in [0.15, 0.2) is 11.6 Å². The minimum absolute atomic E-state index is 0.306. The van der Waals surface area contributed by atoms with Crippen LogP contribution in [0.25, 0.3) is 0 Å². The third-order valence-corrected chi connectivity index (χ3v) is 2.34. The lowest BCUT2D eigenvalue weighted by molar-refractivity contribution is -0.117. The lowest BCUT2D eigenvalue weighted by atomic mass is 10.0. The number of Topliss-reactive ketones (excluding diaryl/α,β-unsaturated/α-hetero) is 1. The normalized spacial score (nSPS) is 12.2. The van der Waals surface area contributed by atoms with E-state index in [1.165, 1.54) is 18.4 Å². The summed E-state index contributed by atoms with van der Waals surface area (Å²) in [7, 11) is 0. The molecule has 14 heavy (non-hydrogen) atoms. The van der Waals surface area contributed by atoms with Crippen LogP contribution >= 0.6 is 0 Å². The predicted molar refractivity (Wildman–Crippen MR) is 62.4 cm³/mol. The average molecular weight is 196 g/mol. The average Bonchev–Trinajstić information content (AvgIpc) is 2.02. The molecule has 0 saturated heterocycles. The Morgan fingerprint density at radius 2 is 1.86 bits per heavy atom. The number of ketones is 1. The lowest BCUT2D eigenvalue weighted by Crippen LogP contribution is -1.90. The highest BCUT2D eigenvalue weighted by Gasteiger charge is 1.95. The van der Waals surface area contributed by atoms with Gasteiger partial charge in [-0.1, -0.05) is 25.5 Å². The van der Waals surface area contributed by atoms with E-state index in [0.717, 1.165) is 25.2 Å². The predicted octanol–water partition coefficient (Wildman–Crippen LogP) is 4.13. The molecule has 0 aliphatic carbocycles. The summed E-state index contributed by atoms with van der Waals surface area (Å²) in [5.41, 5.74) is 1.44. The first-order chi connectivity index (χ1) is 6.52. The first-order valence-corrected chi connectivity index (χ1v) is 5.67. The third-order valence-electron chi connectivity index (χ3n) is 2.34. The zero-order chi connectivity index (χ0) is 11.0. The number of carbonyl (C=O) groups excluding carboxylic acids is 1. The number of hydrogen-bond acceptors (Lipinski definition) is 1. The monoisotopic (exact) mass is 196 g/mol. The maximum Gasteiger partial charge on any atom is 0.129 e. The number of allylic oxidation sites excluding steroid dienone is 2. The Morgan fingerprint density at radius 1 is 1.21 bits per heavy atom. The molecule has 0 atom stereocenters. The highest BCUT2D eigenvalue weighted by Crippen LogP contribution is 2.11. The van der Waals surface area contributed by atoms with Crippen LogP contribution in [0.2, 0.25) is 0 Å². The van der Waals surface area contributed by atoms with Crippen LogP contribution in [-0.4, -0.2) is 5.78 Å². The van der Waals surface area contributed by atoms with E-state index < -0.39 is 0 Å². The second kappa shape index (κ2) is 7.78. The van der Waals surface area contributed by atoms with E-state index in [1.807, 2.05) is 0 Å². The summed E-state index contributed by atoms with van der Waals surface area (Å²) in [6.07, 6.45) is 7.60. The zero-order valence-electron chi connectivity index (χ0n) is 10.1. The van der Waals surface area contributed by atoms with Gasteiger partial charge in [0, 0.05) is 6.42 Å². The Bertz CT molecular complexity index is 189. The van der Waals surface area contributed by atoms with Crippen LogP contribution < -0.4 is 0 Å². The molecule has 0 unspecified atom stereocenters. The van der Waals surface area contributed by atoms with Gasteiger partial charge in [-0.3, -0.25) is 0 Å². The summed E-state index contributed by atoms with van der Waals surface area (Å²) in [6, 6.07) is 0. The van der Waals surface area contributed by atoms with Crippen LogP contribution in [-0.2, 0) is 4.79 Å². The van der Waals surface area contributed by atoms with Crippen molar-refractivity contribution in [2.75, 3.05) is 0 Å². The Kier molecular flexibility index (Phi) is 7.45. The van der Waals surface area contributed by atoms with Gasteiger partial charge < -0.3 is 4.79 Å². The van der Waals surface area contributed by atoms with E-state index in [9.17, 15) is 4.79 Å². The quantitative estimate of drug-likeness (QED) is 0.560. The third kappa shape index (κ3) is 9.50. The summed E-state index contributed by atoms with van der Waals surface area (Å²) in [4.78, 5) is 10.7. The summed E-state index contributed by atoms with van der Waals surface area (Å²) in [5.74, 6) is 1.09. The van der Waals surface area contributed by atoms with Crippen molar-refractivity contribution in [3.8, 4) is 0 Å². The summed E-state index contributed by atoms with van der Waals surface area (Å²) in [5, 5.41) is 0. The Labute approximate surface area is 88.6 Å². The minimum atomic E-state index is 0.306. The molecule has 1 heteroatoms. The maximum atomic E-state index is 10.7. The fraction of sp³-hybridized carbons (Fsp3) is 0.769. The second-order valence-electron chi connectivity index (χ2n) is 4.58. The molecule has 0 aromatic heterocycles. The standard InChI is InChI=1S/C13H24O/c1-11(2)7-5-8-12(3)9-6-10-13(4)14/h8,11H,5-7,9-10H2,1-4H3/b12-8+. The van der Waals surface area contributed by atoms with Crippen LogP contribution in [0.5, 0.6) is 0 Å². The topological polar surface area (TPSA) is 17.1 Å². The SMILES string of the molecule is CC(=O)CCC/C(C)=C/CCC(C)C. The van der Waals surface area contributed by atoms with Gasteiger partial charge in [0.1, 0.15) is 5.78 Å². The highest BCUT2D eigenvalue weighted by molar-refractivity contribution is 5.75. The smallest absolute Gasteiger partial charge is 0.129 e. The molecule has 0 aliphatic heterocycles. The van der Waals surface area contributed by atoms with Crippen LogP contribution in [0, 0.1) is 5.92 Å². The Balaban J connectivity index is 3.51. The maximum absolute atomic E-state index is 10.7. The second-order valence-corrected chi connectivity index (χ2v) is 4.58. The first kappa shape index (κ1) is 13.4. The molecule has 0 aromatic rings.